The number of para-hydroxylation sites is 1. The minimum atomic E-state index is -1.47. The van der Waals surface area contributed by atoms with Gasteiger partial charge in [-0.05, 0) is 31.4 Å². The molecule has 0 spiro atoms. The number of nitrogens with one attached hydrogen (secondary N) is 1. The summed E-state index contributed by atoms with van der Waals surface area (Å²) in [6.45, 7) is 0.483. The van der Waals surface area contributed by atoms with Gasteiger partial charge in [0.2, 0.25) is 5.91 Å². The van der Waals surface area contributed by atoms with Crippen molar-refractivity contribution in [1.82, 2.24) is 9.99 Å². The summed E-state index contributed by atoms with van der Waals surface area (Å²) in [4.78, 5) is 23.9. The number of rotatable bonds is 10. The van der Waals surface area contributed by atoms with E-state index in [0.717, 1.165) is 19.1 Å². The van der Waals surface area contributed by atoms with Crippen LogP contribution in [-0.2, 0) is 18.8 Å². The van der Waals surface area contributed by atoms with Gasteiger partial charge in [-0.1, -0.05) is 24.3 Å². The average Bonchev–Trinajstić information content (AvgIpc) is 3.20. The molecular weight excluding hydrogens is 381 g/mol. The summed E-state index contributed by atoms with van der Waals surface area (Å²) < 4.78 is 17.7. The predicted octanol–water partition coefficient (Wildman–Crippen LogP) is 2.19. The second-order valence-corrected chi connectivity index (χ2v) is 7.60. The van der Waals surface area contributed by atoms with Crippen LogP contribution in [0.25, 0.3) is 0 Å². The molecule has 1 aromatic carbocycles. The Morgan fingerprint density at radius 2 is 2.18 bits per heavy atom. The Balaban J connectivity index is 1.50. The molecule has 3 unspecified atom stereocenters. The fourth-order valence-corrected chi connectivity index (χ4v) is 3.94. The van der Waals surface area contributed by atoms with Gasteiger partial charge in [-0.25, -0.2) is 5.09 Å². The second kappa shape index (κ2) is 10.3. The Morgan fingerprint density at radius 3 is 2.93 bits per heavy atom. The third-order valence-electron chi connectivity index (χ3n) is 4.27. The van der Waals surface area contributed by atoms with E-state index in [1.165, 1.54) is 0 Å². The number of nitrogens with two attached hydrogens (primary N) is 1. The molecule has 1 aromatic rings. The standard InChI is InChI=1S/C19H24N3O5P/c20-19(24)15-5-4-11-22(13-15)18-9-8-17(26-18)14-25-28(21-10-12-23)27-16-6-2-1-3-7-16/h1-4,6-7,11-13,17-18,21H,5,8-10,14H2,(H2,20,24). The Morgan fingerprint density at radius 1 is 1.36 bits per heavy atom. The van der Waals surface area contributed by atoms with Crippen molar-refractivity contribution >= 4 is 20.7 Å². The van der Waals surface area contributed by atoms with Gasteiger partial charge in [0.25, 0.3) is 0 Å². The number of ether oxygens (including phenoxy) is 1. The van der Waals surface area contributed by atoms with E-state index in [9.17, 15) is 9.59 Å². The van der Waals surface area contributed by atoms with Crippen molar-refractivity contribution in [3.8, 4) is 5.75 Å². The lowest BCUT2D eigenvalue weighted by molar-refractivity contribution is -0.114. The molecule has 3 atom stereocenters. The lowest BCUT2D eigenvalue weighted by Crippen LogP contribution is -2.30. The first-order chi connectivity index (χ1) is 13.7. The van der Waals surface area contributed by atoms with Crippen molar-refractivity contribution in [3.05, 3.63) is 54.4 Å². The number of primary amides is 1. The van der Waals surface area contributed by atoms with Gasteiger partial charge in [-0.15, -0.1) is 0 Å². The van der Waals surface area contributed by atoms with Crippen molar-refractivity contribution in [2.45, 2.75) is 31.6 Å². The number of aldehydes is 1. The van der Waals surface area contributed by atoms with E-state index in [2.05, 4.69) is 5.09 Å². The summed E-state index contributed by atoms with van der Waals surface area (Å²) in [7, 11) is -1.47. The quantitative estimate of drug-likeness (QED) is 0.454. The van der Waals surface area contributed by atoms with Crippen molar-refractivity contribution in [3.63, 3.8) is 0 Å². The second-order valence-electron chi connectivity index (χ2n) is 6.33. The van der Waals surface area contributed by atoms with E-state index in [1.807, 2.05) is 47.5 Å². The summed E-state index contributed by atoms with van der Waals surface area (Å²) in [6.07, 6.45) is 8.19. The van der Waals surface area contributed by atoms with E-state index in [-0.39, 0.29) is 18.9 Å². The molecule has 0 radical (unpaired) electrons. The van der Waals surface area contributed by atoms with Crippen molar-refractivity contribution in [1.29, 1.82) is 0 Å². The van der Waals surface area contributed by atoms with E-state index in [4.69, 9.17) is 19.5 Å². The van der Waals surface area contributed by atoms with Gasteiger partial charge in [-0.2, -0.15) is 0 Å². The van der Waals surface area contributed by atoms with Crippen LogP contribution < -0.4 is 15.3 Å². The third kappa shape index (κ3) is 5.87. The van der Waals surface area contributed by atoms with Crippen molar-refractivity contribution < 1.29 is 23.4 Å². The molecular formula is C19H24N3O5P. The molecule has 3 rings (SSSR count). The molecule has 1 saturated heterocycles. The van der Waals surface area contributed by atoms with Crippen LogP contribution in [0.15, 0.2) is 54.4 Å². The van der Waals surface area contributed by atoms with Crippen LogP contribution in [0.2, 0.25) is 0 Å². The zero-order valence-electron chi connectivity index (χ0n) is 15.4. The van der Waals surface area contributed by atoms with E-state index >= 15 is 0 Å². The molecule has 2 heterocycles. The van der Waals surface area contributed by atoms with Gasteiger partial charge in [0.1, 0.15) is 18.3 Å². The number of hydrogen-bond donors (Lipinski definition) is 2. The fourth-order valence-electron chi connectivity index (χ4n) is 2.89. The first-order valence-electron chi connectivity index (χ1n) is 9.09. The molecule has 0 aliphatic carbocycles. The number of benzene rings is 1. The van der Waals surface area contributed by atoms with Crippen molar-refractivity contribution in [2.24, 2.45) is 5.73 Å². The molecule has 8 nitrogen and oxygen atoms in total. The lowest BCUT2D eigenvalue weighted by atomic mass is 10.1. The summed E-state index contributed by atoms with van der Waals surface area (Å²) in [5.74, 6) is 0.247. The van der Waals surface area contributed by atoms with Crippen LogP contribution in [0.1, 0.15) is 19.3 Å². The first kappa shape index (κ1) is 20.5. The minimum absolute atomic E-state index is 0.104. The highest BCUT2D eigenvalue weighted by molar-refractivity contribution is 7.45. The predicted molar refractivity (Wildman–Crippen MR) is 105 cm³/mol. The van der Waals surface area contributed by atoms with Crippen LogP contribution in [-0.4, -0.2) is 42.6 Å². The topological polar surface area (TPSA) is 103 Å². The molecule has 1 amide bonds. The molecule has 0 aromatic heterocycles. The Kier molecular flexibility index (Phi) is 7.56. The Hall–Kier alpha value is -2.25. The largest absolute Gasteiger partial charge is 0.436 e. The van der Waals surface area contributed by atoms with Crippen LogP contribution in [0, 0.1) is 0 Å². The fraction of sp³-hybridized carbons (Fsp3) is 0.368. The average molecular weight is 405 g/mol. The number of carbonyl (C=O) groups excluding carboxylic acids is 2. The summed E-state index contributed by atoms with van der Waals surface area (Å²) in [5.41, 5.74) is 5.93. The van der Waals surface area contributed by atoms with Crippen LogP contribution in [0.5, 0.6) is 5.75 Å². The number of amides is 1. The Labute approximate surface area is 165 Å². The van der Waals surface area contributed by atoms with E-state index in [1.54, 1.807) is 6.20 Å². The zero-order chi connectivity index (χ0) is 19.8. The highest BCUT2D eigenvalue weighted by Crippen LogP contribution is 2.36. The van der Waals surface area contributed by atoms with Crippen LogP contribution in [0.3, 0.4) is 0 Å². The maximum absolute atomic E-state index is 11.4. The molecule has 28 heavy (non-hydrogen) atoms. The molecule has 0 saturated carbocycles. The number of hydrogen-bond acceptors (Lipinski definition) is 7. The minimum Gasteiger partial charge on any atom is -0.436 e. The normalized spacial score (nSPS) is 22.6. The van der Waals surface area contributed by atoms with Gasteiger partial charge >= 0.3 is 8.53 Å². The van der Waals surface area contributed by atoms with Gasteiger partial charge < -0.3 is 29.2 Å². The highest BCUT2D eigenvalue weighted by atomic mass is 31.2. The third-order valence-corrected chi connectivity index (χ3v) is 5.47. The summed E-state index contributed by atoms with van der Waals surface area (Å²) >= 11 is 0. The molecule has 9 heteroatoms. The summed E-state index contributed by atoms with van der Waals surface area (Å²) in [5, 5.41) is 2.95. The van der Waals surface area contributed by atoms with Gasteiger partial charge in [0.15, 0.2) is 0 Å². The number of carbonyl (C=O) groups is 2. The maximum Gasteiger partial charge on any atom is 0.318 e. The molecule has 2 aliphatic heterocycles. The Bertz CT molecular complexity index is 728. The number of nitrogens with zero attached hydrogens (tertiary/aromatic N) is 1. The van der Waals surface area contributed by atoms with Crippen LogP contribution in [0.4, 0.5) is 0 Å². The number of allylic oxidation sites excluding steroid dienone is 1. The highest BCUT2D eigenvalue weighted by Gasteiger charge is 2.30. The first-order valence-corrected chi connectivity index (χ1v) is 10.3. The molecule has 0 bridgehead atoms. The summed E-state index contributed by atoms with van der Waals surface area (Å²) in [6, 6.07) is 9.29. The molecule has 2 aliphatic rings. The van der Waals surface area contributed by atoms with E-state index in [0.29, 0.717) is 24.4 Å². The van der Waals surface area contributed by atoms with Gasteiger partial charge in [0.05, 0.1) is 19.3 Å². The van der Waals surface area contributed by atoms with Gasteiger partial charge in [-0.3, -0.25) is 4.79 Å². The maximum atomic E-state index is 11.4. The zero-order valence-corrected chi connectivity index (χ0v) is 16.3. The molecule has 150 valence electrons. The monoisotopic (exact) mass is 405 g/mol. The molecule has 1 fully saturated rings. The van der Waals surface area contributed by atoms with Crippen LogP contribution >= 0.6 is 8.53 Å². The smallest absolute Gasteiger partial charge is 0.318 e. The lowest BCUT2D eigenvalue weighted by Gasteiger charge is -2.27. The van der Waals surface area contributed by atoms with Gasteiger partial charge in [0, 0.05) is 18.0 Å². The molecule has 3 N–H and O–H groups in total. The SMILES string of the molecule is NC(=O)C1=CN(C2CCC(COP(NCC=O)Oc3ccccc3)O2)C=CC1. The van der Waals surface area contributed by atoms with Crippen molar-refractivity contribution in [2.75, 3.05) is 13.2 Å². The van der Waals surface area contributed by atoms with E-state index < -0.39 is 14.4 Å².